The molecular formula is C30H38FN5O3. The third kappa shape index (κ3) is 6.78. The summed E-state index contributed by atoms with van der Waals surface area (Å²) in [6.45, 7) is 7.89. The SMILES string of the molecule is CCOc1cc(OC(C)C)c(F)c(N(Cc2cccc(N3CCC[C@@H]3COC)n2)c2ccc(C(=N)N)cc2)c1. The number of methoxy groups -OCH3 is 1. The molecule has 1 aromatic heterocycles. The summed E-state index contributed by atoms with van der Waals surface area (Å²) >= 11 is 0. The van der Waals surface area contributed by atoms with Crippen molar-refractivity contribution in [2.75, 3.05) is 36.7 Å². The van der Waals surface area contributed by atoms with Crippen molar-refractivity contribution in [3.8, 4) is 11.5 Å². The van der Waals surface area contributed by atoms with Crippen LogP contribution in [0.25, 0.3) is 0 Å². The van der Waals surface area contributed by atoms with Crippen LogP contribution in [-0.4, -0.2) is 49.8 Å². The lowest BCUT2D eigenvalue weighted by Gasteiger charge is -2.28. The minimum atomic E-state index is -0.487. The highest BCUT2D eigenvalue weighted by Gasteiger charge is 2.26. The number of aromatic nitrogens is 1. The van der Waals surface area contributed by atoms with Crippen LogP contribution in [0.5, 0.6) is 11.5 Å². The van der Waals surface area contributed by atoms with Gasteiger partial charge < -0.3 is 29.7 Å². The van der Waals surface area contributed by atoms with Crippen molar-refractivity contribution in [2.24, 2.45) is 5.73 Å². The molecule has 208 valence electrons. The van der Waals surface area contributed by atoms with E-state index >= 15 is 4.39 Å². The lowest BCUT2D eigenvalue weighted by atomic mass is 10.1. The molecule has 2 aromatic carbocycles. The number of anilines is 3. The molecule has 0 saturated carbocycles. The Morgan fingerprint density at radius 2 is 1.97 bits per heavy atom. The molecule has 4 rings (SSSR count). The van der Waals surface area contributed by atoms with E-state index in [2.05, 4.69) is 4.90 Å². The zero-order chi connectivity index (χ0) is 27.9. The molecular weight excluding hydrogens is 497 g/mol. The van der Waals surface area contributed by atoms with Gasteiger partial charge >= 0.3 is 0 Å². The van der Waals surface area contributed by atoms with Crippen molar-refractivity contribution in [3.63, 3.8) is 0 Å². The Kier molecular flexibility index (Phi) is 9.24. The van der Waals surface area contributed by atoms with Crippen molar-refractivity contribution in [1.82, 2.24) is 4.98 Å². The monoisotopic (exact) mass is 535 g/mol. The number of nitrogens with two attached hydrogens (primary N) is 1. The molecule has 1 aliphatic rings. The van der Waals surface area contributed by atoms with Gasteiger partial charge in [0.05, 0.1) is 43.3 Å². The van der Waals surface area contributed by atoms with Crippen LogP contribution in [0, 0.1) is 11.2 Å². The van der Waals surface area contributed by atoms with Crippen molar-refractivity contribution in [2.45, 2.75) is 52.3 Å². The highest BCUT2D eigenvalue weighted by atomic mass is 19.1. The van der Waals surface area contributed by atoms with E-state index in [1.54, 1.807) is 31.4 Å². The molecule has 8 nitrogen and oxygen atoms in total. The zero-order valence-corrected chi connectivity index (χ0v) is 23.1. The van der Waals surface area contributed by atoms with Gasteiger partial charge in [-0.15, -0.1) is 0 Å². The van der Waals surface area contributed by atoms with Crippen LogP contribution in [0.4, 0.5) is 21.6 Å². The number of halogens is 1. The van der Waals surface area contributed by atoms with Crippen LogP contribution in [0.15, 0.2) is 54.6 Å². The van der Waals surface area contributed by atoms with Gasteiger partial charge in [0.15, 0.2) is 11.6 Å². The van der Waals surface area contributed by atoms with Crippen LogP contribution in [0.2, 0.25) is 0 Å². The van der Waals surface area contributed by atoms with E-state index in [9.17, 15) is 0 Å². The molecule has 1 saturated heterocycles. The Morgan fingerprint density at radius 3 is 2.64 bits per heavy atom. The number of rotatable bonds is 12. The fraction of sp³-hybridized carbons (Fsp3) is 0.400. The van der Waals surface area contributed by atoms with Gasteiger partial charge in [-0.2, -0.15) is 0 Å². The van der Waals surface area contributed by atoms with Crippen LogP contribution in [0.1, 0.15) is 44.9 Å². The van der Waals surface area contributed by atoms with Crippen LogP contribution in [0.3, 0.4) is 0 Å². The van der Waals surface area contributed by atoms with E-state index in [0.717, 1.165) is 30.9 Å². The second-order valence-corrected chi connectivity index (χ2v) is 9.83. The topological polar surface area (TPSA) is 96.9 Å². The molecule has 9 heteroatoms. The molecule has 39 heavy (non-hydrogen) atoms. The molecule has 1 atom stereocenters. The first-order valence-electron chi connectivity index (χ1n) is 13.4. The summed E-state index contributed by atoms with van der Waals surface area (Å²) < 4.78 is 33.1. The molecule has 2 heterocycles. The highest BCUT2D eigenvalue weighted by Crippen LogP contribution is 2.38. The Bertz CT molecular complexity index is 1270. The lowest BCUT2D eigenvalue weighted by Crippen LogP contribution is -2.33. The summed E-state index contributed by atoms with van der Waals surface area (Å²) in [5.41, 5.74) is 8.06. The zero-order valence-electron chi connectivity index (χ0n) is 23.1. The first-order valence-corrected chi connectivity index (χ1v) is 13.4. The number of ether oxygens (including phenoxy) is 3. The summed E-state index contributed by atoms with van der Waals surface area (Å²) in [5, 5.41) is 7.76. The first-order chi connectivity index (χ1) is 18.8. The summed E-state index contributed by atoms with van der Waals surface area (Å²) in [6.07, 6.45) is 1.93. The van der Waals surface area contributed by atoms with E-state index in [4.69, 9.17) is 30.3 Å². The van der Waals surface area contributed by atoms with Gasteiger partial charge in [0.1, 0.15) is 17.4 Å². The Balaban J connectivity index is 1.77. The number of hydrogen-bond acceptors (Lipinski definition) is 7. The minimum Gasteiger partial charge on any atom is -0.494 e. The number of benzene rings is 2. The van der Waals surface area contributed by atoms with Gasteiger partial charge in [0, 0.05) is 37.0 Å². The Hall–Kier alpha value is -3.85. The average molecular weight is 536 g/mol. The van der Waals surface area contributed by atoms with E-state index in [1.165, 1.54) is 0 Å². The van der Waals surface area contributed by atoms with Crippen molar-refractivity contribution < 1.29 is 18.6 Å². The van der Waals surface area contributed by atoms with Crippen molar-refractivity contribution in [1.29, 1.82) is 5.41 Å². The second kappa shape index (κ2) is 12.8. The van der Waals surface area contributed by atoms with Crippen LogP contribution in [-0.2, 0) is 11.3 Å². The van der Waals surface area contributed by atoms with Crippen LogP contribution >= 0.6 is 0 Å². The third-order valence-electron chi connectivity index (χ3n) is 6.59. The van der Waals surface area contributed by atoms with Gasteiger partial charge in [-0.05, 0) is 70.0 Å². The predicted octanol–water partition coefficient (Wildman–Crippen LogP) is 5.64. The molecule has 0 amide bonds. The maximum atomic E-state index is 16.0. The average Bonchev–Trinajstić information content (AvgIpc) is 3.38. The highest BCUT2D eigenvalue weighted by molar-refractivity contribution is 5.95. The summed E-state index contributed by atoms with van der Waals surface area (Å²) in [5.74, 6) is 0.995. The molecule has 0 unspecified atom stereocenters. The number of hydrogen-bond donors (Lipinski definition) is 2. The predicted molar refractivity (Wildman–Crippen MR) is 153 cm³/mol. The molecule has 0 aliphatic carbocycles. The van der Waals surface area contributed by atoms with Crippen molar-refractivity contribution in [3.05, 3.63) is 71.7 Å². The maximum Gasteiger partial charge on any atom is 0.188 e. The van der Waals surface area contributed by atoms with Crippen molar-refractivity contribution >= 4 is 23.0 Å². The van der Waals surface area contributed by atoms with Gasteiger partial charge in [-0.25, -0.2) is 9.37 Å². The molecule has 3 aromatic rings. The summed E-state index contributed by atoms with van der Waals surface area (Å²) in [6, 6.07) is 16.6. The van der Waals surface area contributed by atoms with Gasteiger partial charge in [0.2, 0.25) is 0 Å². The van der Waals surface area contributed by atoms with Crippen LogP contribution < -0.4 is 25.0 Å². The maximum absolute atomic E-state index is 16.0. The van der Waals surface area contributed by atoms with Gasteiger partial charge in [-0.1, -0.05) is 6.07 Å². The summed E-state index contributed by atoms with van der Waals surface area (Å²) in [7, 11) is 1.72. The van der Waals surface area contributed by atoms with Gasteiger partial charge in [-0.3, -0.25) is 5.41 Å². The molecule has 3 N–H and O–H groups in total. The lowest BCUT2D eigenvalue weighted by molar-refractivity contribution is 0.180. The van der Waals surface area contributed by atoms with E-state index < -0.39 is 5.82 Å². The number of nitrogen functional groups attached to an aromatic ring is 1. The Labute approximate surface area is 230 Å². The molecule has 1 aliphatic heterocycles. The first kappa shape index (κ1) is 28.2. The fourth-order valence-corrected chi connectivity index (χ4v) is 4.86. The third-order valence-corrected chi connectivity index (χ3v) is 6.59. The molecule has 0 spiro atoms. The van der Waals surface area contributed by atoms with E-state index in [-0.39, 0.29) is 23.7 Å². The largest absolute Gasteiger partial charge is 0.494 e. The quantitative estimate of drug-likeness (QED) is 0.229. The minimum absolute atomic E-state index is 0.0316. The molecule has 1 fully saturated rings. The number of nitrogens with zero attached hydrogens (tertiary/aromatic N) is 3. The van der Waals surface area contributed by atoms with E-state index in [1.807, 2.05) is 56.0 Å². The smallest absolute Gasteiger partial charge is 0.188 e. The normalized spacial score (nSPS) is 15.0. The molecule has 0 radical (unpaired) electrons. The standard InChI is InChI=1S/C30H38FN5O3/c1-5-38-25-16-26(29(31)27(17-25)39-20(2)3)36(23-13-11-21(12-14-23)30(32)33)18-22-8-6-10-28(34-22)35-15-7-9-24(35)19-37-4/h6,8,10-14,16-17,20,24H,5,7,9,15,18-19H2,1-4H3,(H3,32,33)/t24-/m1/s1. The molecule has 0 bridgehead atoms. The second-order valence-electron chi connectivity index (χ2n) is 9.83. The Morgan fingerprint density at radius 1 is 1.21 bits per heavy atom. The fourth-order valence-electron chi connectivity index (χ4n) is 4.86. The number of nitrogens with one attached hydrogen (secondary N) is 1. The number of amidine groups is 1. The number of pyridine rings is 1. The van der Waals surface area contributed by atoms with Gasteiger partial charge in [0.25, 0.3) is 0 Å². The van der Waals surface area contributed by atoms with E-state index in [0.29, 0.717) is 42.4 Å². The summed E-state index contributed by atoms with van der Waals surface area (Å²) in [4.78, 5) is 9.10.